The van der Waals surface area contributed by atoms with E-state index in [0.29, 0.717) is 5.11 Å². The molecule has 1 aromatic carbocycles. The maximum absolute atomic E-state index is 5.34. The number of aryl methyl sites for hydroxylation is 2. The van der Waals surface area contributed by atoms with Crippen molar-refractivity contribution < 1.29 is 0 Å². The Hall–Kier alpha value is -1.94. The smallest absolute Gasteiger partial charge is 0.171 e. The van der Waals surface area contributed by atoms with Crippen LogP contribution in [0.25, 0.3) is 0 Å². The van der Waals surface area contributed by atoms with Crippen LogP contribution in [-0.2, 0) is 0 Å². The van der Waals surface area contributed by atoms with Gasteiger partial charge >= 0.3 is 0 Å². The number of thiocarbonyl (C=S) groups is 1. The van der Waals surface area contributed by atoms with Gasteiger partial charge in [0.25, 0.3) is 0 Å². The first kappa shape index (κ1) is 14.5. The van der Waals surface area contributed by atoms with E-state index < -0.39 is 0 Å². The van der Waals surface area contributed by atoms with Crippen LogP contribution < -0.4 is 10.6 Å². The number of nitrogens with one attached hydrogen (secondary N) is 2. The van der Waals surface area contributed by atoms with Crippen molar-refractivity contribution in [1.82, 2.24) is 10.3 Å². The van der Waals surface area contributed by atoms with E-state index >= 15 is 0 Å². The molecule has 1 aromatic heterocycles. The van der Waals surface area contributed by atoms with Gasteiger partial charge in [0.15, 0.2) is 5.11 Å². The molecule has 0 aliphatic rings. The zero-order chi connectivity index (χ0) is 14.5. The molecule has 0 radical (unpaired) electrons. The fourth-order valence-electron chi connectivity index (χ4n) is 2.19. The van der Waals surface area contributed by atoms with Gasteiger partial charge in [-0.1, -0.05) is 23.8 Å². The standard InChI is InChI=1S/C16H19N3S/c1-11-4-5-15(12(2)10-11)13(3)18-16(20)19-14-6-8-17-9-7-14/h4-10,13H,1-3H3,(H2,17,18,19,20)/t13-/m0/s1. The first-order valence-corrected chi connectivity index (χ1v) is 7.02. The van der Waals surface area contributed by atoms with Crippen molar-refractivity contribution in [2.24, 2.45) is 0 Å². The Balaban J connectivity index is 2.00. The topological polar surface area (TPSA) is 37.0 Å². The summed E-state index contributed by atoms with van der Waals surface area (Å²) >= 11 is 5.34. The van der Waals surface area contributed by atoms with E-state index in [1.54, 1.807) is 12.4 Å². The van der Waals surface area contributed by atoms with Crippen molar-refractivity contribution in [3.8, 4) is 0 Å². The zero-order valence-electron chi connectivity index (χ0n) is 12.0. The molecule has 0 aliphatic heterocycles. The fourth-order valence-corrected chi connectivity index (χ4v) is 2.48. The van der Waals surface area contributed by atoms with E-state index in [1.807, 2.05) is 12.1 Å². The minimum atomic E-state index is 0.164. The number of hydrogen-bond donors (Lipinski definition) is 2. The normalized spacial score (nSPS) is 11.8. The molecular formula is C16H19N3S. The lowest BCUT2D eigenvalue weighted by Gasteiger charge is -2.19. The highest BCUT2D eigenvalue weighted by Crippen LogP contribution is 2.18. The fraction of sp³-hybridized carbons (Fsp3) is 0.250. The Morgan fingerprint density at radius 2 is 1.85 bits per heavy atom. The second kappa shape index (κ2) is 6.48. The summed E-state index contributed by atoms with van der Waals surface area (Å²) < 4.78 is 0. The van der Waals surface area contributed by atoms with Gasteiger partial charge < -0.3 is 10.6 Å². The van der Waals surface area contributed by atoms with Crippen LogP contribution in [0.1, 0.15) is 29.7 Å². The van der Waals surface area contributed by atoms with Crippen LogP contribution in [0.3, 0.4) is 0 Å². The molecule has 1 atom stereocenters. The summed E-state index contributed by atoms with van der Waals surface area (Å²) in [5, 5.41) is 7.07. The lowest BCUT2D eigenvalue weighted by atomic mass is 10.0. The molecule has 0 saturated carbocycles. The van der Waals surface area contributed by atoms with E-state index in [2.05, 4.69) is 54.6 Å². The van der Waals surface area contributed by atoms with Crippen LogP contribution in [0.15, 0.2) is 42.7 Å². The molecule has 4 heteroatoms. The van der Waals surface area contributed by atoms with Crippen LogP contribution in [-0.4, -0.2) is 10.1 Å². The summed E-state index contributed by atoms with van der Waals surface area (Å²) in [7, 11) is 0. The van der Waals surface area contributed by atoms with Crippen LogP contribution in [0.4, 0.5) is 5.69 Å². The largest absolute Gasteiger partial charge is 0.356 e. The number of hydrogen-bond acceptors (Lipinski definition) is 2. The lowest BCUT2D eigenvalue weighted by molar-refractivity contribution is 0.717. The van der Waals surface area contributed by atoms with Crippen LogP contribution in [0.5, 0.6) is 0 Å². The number of anilines is 1. The second-order valence-corrected chi connectivity index (χ2v) is 5.32. The van der Waals surface area contributed by atoms with Crippen molar-refractivity contribution >= 4 is 23.0 Å². The highest BCUT2D eigenvalue weighted by Gasteiger charge is 2.09. The maximum Gasteiger partial charge on any atom is 0.171 e. The Labute approximate surface area is 125 Å². The lowest BCUT2D eigenvalue weighted by Crippen LogP contribution is -2.31. The molecule has 0 bridgehead atoms. The molecule has 20 heavy (non-hydrogen) atoms. The van der Waals surface area contributed by atoms with Crippen molar-refractivity contribution in [3.05, 3.63) is 59.4 Å². The van der Waals surface area contributed by atoms with E-state index in [-0.39, 0.29) is 6.04 Å². The van der Waals surface area contributed by atoms with E-state index in [9.17, 15) is 0 Å². The van der Waals surface area contributed by atoms with E-state index in [0.717, 1.165) is 5.69 Å². The number of pyridine rings is 1. The summed E-state index contributed by atoms with van der Waals surface area (Å²) in [4.78, 5) is 3.98. The Bertz CT molecular complexity index is 596. The van der Waals surface area contributed by atoms with Crippen molar-refractivity contribution in [2.75, 3.05) is 5.32 Å². The SMILES string of the molecule is Cc1ccc([C@H](C)NC(=S)Nc2ccncc2)c(C)c1. The summed E-state index contributed by atoms with van der Waals surface area (Å²) in [5.74, 6) is 0. The summed E-state index contributed by atoms with van der Waals surface area (Å²) in [6, 6.07) is 10.4. The Morgan fingerprint density at radius 1 is 1.15 bits per heavy atom. The quantitative estimate of drug-likeness (QED) is 0.842. The molecule has 0 spiro atoms. The van der Waals surface area contributed by atoms with Gasteiger partial charge in [-0.2, -0.15) is 0 Å². The minimum absolute atomic E-state index is 0.164. The summed E-state index contributed by atoms with van der Waals surface area (Å²) in [6.07, 6.45) is 3.47. The van der Waals surface area contributed by atoms with Gasteiger partial charge in [-0.3, -0.25) is 4.98 Å². The van der Waals surface area contributed by atoms with Crippen LogP contribution in [0, 0.1) is 13.8 Å². The van der Waals surface area contributed by atoms with Crippen LogP contribution in [0.2, 0.25) is 0 Å². The third kappa shape index (κ3) is 3.78. The van der Waals surface area contributed by atoms with Gasteiger partial charge in [0.05, 0.1) is 6.04 Å². The van der Waals surface area contributed by atoms with Gasteiger partial charge in [-0.15, -0.1) is 0 Å². The van der Waals surface area contributed by atoms with Gasteiger partial charge in [-0.05, 0) is 56.2 Å². The molecule has 104 valence electrons. The summed E-state index contributed by atoms with van der Waals surface area (Å²) in [5.41, 5.74) is 4.74. The first-order chi connectivity index (χ1) is 9.56. The average Bonchev–Trinajstić information content (AvgIpc) is 2.39. The highest BCUT2D eigenvalue weighted by atomic mass is 32.1. The predicted molar refractivity (Wildman–Crippen MR) is 87.9 cm³/mol. The molecule has 3 nitrogen and oxygen atoms in total. The molecular weight excluding hydrogens is 266 g/mol. The zero-order valence-corrected chi connectivity index (χ0v) is 12.8. The Morgan fingerprint density at radius 3 is 2.50 bits per heavy atom. The molecule has 2 N–H and O–H groups in total. The number of benzene rings is 1. The molecule has 0 fully saturated rings. The molecule has 0 saturated heterocycles. The Kier molecular flexibility index (Phi) is 4.69. The first-order valence-electron chi connectivity index (χ1n) is 6.61. The van der Waals surface area contributed by atoms with Gasteiger partial charge in [0.1, 0.15) is 0 Å². The molecule has 0 unspecified atom stereocenters. The van der Waals surface area contributed by atoms with E-state index in [1.165, 1.54) is 16.7 Å². The number of nitrogens with zero attached hydrogens (tertiary/aromatic N) is 1. The molecule has 2 aromatic rings. The highest BCUT2D eigenvalue weighted by molar-refractivity contribution is 7.80. The second-order valence-electron chi connectivity index (χ2n) is 4.92. The average molecular weight is 285 g/mol. The molecule has 1 heterocycles. The van der Waals surface area contributed by atoms with Crippen molar-refractivity contribution in [2.45, 2.75) is 26.8 Å². The third-order valence-electron chi connectivity index (χ3n) is 3.18. The number of aromatic nitrogens is 1. The number of rotatable bonds is 3. The van der Waals surface area contributed by atoms with Gasteiger partial charge in [0, 0.05) is 18.1 Å². The predicted octanol–water partition coefficient (Wildman–Crippen LogP) is 3.75. The van der Waals surface area contributed by atoms with Crippen molar-refractivity contribution in [1.29, 1.82) is 0 Å². The van der Waals surface area contributed by atoms with Crippen LogP contribution >= 0.6 is 12.2 Å². The third-order valence-corrected chi connectivity index (χ3v) is 3.40. The molecule has 0 amide bonds. The van der Waals surface area contributed by atoms with Crippen molar-refractivity contribution in [3.63, 3.8) is 0 Å². The molecule has 2 rings (SSSR count). The maximum atomic E-state index is 5.34. The van der Waals surface area contributed by atoms with Gasteiger partial charge in [0.2, 0.25) is 0 Å². The van der Waals surface area contributed by atoms with Gasteiger partial charge in [-0.25, -0.2) is 0 Å². The summed E-state index contributed by atoms with van der Waals surface area (Å²) in [6.45, 7) is 6.34. The monoisotopic (exact) mass is 285 g/mol. The molecule has 0 aliphatic carbocycles. The van der Waals surface area contributed by atoms with E-state index in [4.69, 9.17) is 12.2 Å². The minimum Gasteiger partial charge on any atom is -0.356 e.